The van der Waals surface area contributed by atoms with Crippen LogP contribution in [-0.4, -0.2) is 62.7 Å². The second-order valence-electron chi connectivity index (χ2n) is 5.10. The Labute approximate surface area is 94.8 Å². The largest absolute Gasteiger partial charge is 0.315 e. The van der Waals surface area contributed by atoms with Crippen LogP contribution < -0.4 is 5.32 Å². The topological polar surface area (TPSA) is 18.5 Å². The molecular weight excluding hydrogens is 186 g/mol. The maximum absolute atomic E-state index is 3.43. The third kappa shape index (κ3) is 4.49. The van der Waals surface area contributed by atoms with Gasteiger partial charge in [0.05, 0.1) is 0 Å². The Balaban J connectivity index is 2.36. The molecule has 0 aliphatic carbocycles. The maximum atomic E-state index is 3.43. The van der Waals surface area contributed by atoms with E-state index in [1.165, 1.54) is 39.1 Å². The van der Waals surface area contributed by atoms with Crippen LogP contribution in [0, 0.1) is 5.92 Å². The molecular formula is C12H27N3. The van der Waals surface area contributed by atoms with E-state index in [1.54, 1.807) is 0 Å². The molecule has 0 spiro atoms. The van der Waals surface area contributed by atoms with E-state index in [-0.39, 0.29) is 0 Å². The molecule has 1 rings (SSSR count). The number of nitrogens with zero attached hydrogens (tertiary/aromatic N) is 2. The van der Waals surface area contributed by atoms with Crippen molar-refractivity contribution < 1.29 is 0 Å². The molecule has 1 unspecified atom stereocenters. The second-order valence-corrected chi connectivity index (χ2v) is 5.10. The summed E-state index contributed by atoms with van der Waals surface area (Å²) in [6, 6.07) is 0.633. The molecule has 1 aliphatic heterocycles. The highest BCUT2D eigenvalue weighted by Crippen LogP contribution is 2.07. The van der Waals surface area contributed by atoms with Crippen molar-refractivity contribution in [1.82, 2.24) is 15.1 Å². The molecule has 0 radical (unpaired) electrons. The summed E-state index contributed by atoms with van der Waals surface area (Å²) in [4.78, 5) is 5.04. The minimum atomic E-state index is 0.633. The molecule has 0 amide bonds. The number of hydrogen-bond donors (Lipinski definition) is 1. The molecule has 1 heterocycles. The lowest BCUT2D eigenvalue weighted by molar-refractivity contribution is 0.227. The predicted molar refractivity (Wildman–Crippen MR) is 66.2 cm³/mol. The van der Waals surface area contributed by atoms with E-state index in [0.717, 1.165) is 5.92 Å². The second kappa shape index (κ2) is 6.46. The summed E-state index contributed by atoms with van der Waals surface area (Å²) in [5, 5.41) is 3.43. The van der Waals surface area contributed by atoms with Gasteiger partial charge in [-0.2, -0.15) is 0 Å². The normalized spacial score (nSPS) is 23.0. The smallest absolute Gasteiger partial charge is 0.0214 e. The zero-order chi connectivity index (χ0) is 11.3. The van der Waals surface area contributed by atoms with E-state index in [9.17, 15) is 0 Å². The Bertz CT molecular complexity index is 170. The average Bonchev–Trinajstić information content (AvgIpc) is 2.39. The molecule has 90 valence electrons. The molecule has 0 saturated carbocycles. The van der Waals surface area contributed by atoms with Gasteiger partial charge in [-0.3, -0.25) is 0 Å². The molecule has 0 aromatic heterocycles. The van der Waals surface area contributed by atoms with Gasteiger partial charge in [0, 0.05) is 25.7 Å². The summed E-state index contributed by atoms with van der Waals surface area (Å²) in [5.74, 6) is 0.719. The third-order valence-electron chi connectivity index (χ3n) is 3.44. The van der Waals surface area contributed by atoms with Gasteiger partial charge in [-0.05, 0) is 39.5 Å². The van der Waals surface area contributed by atoms with Gasteiger partial charge >= 0.3 is 0 Å². The van der Waals surface area contributed by atoms with Crippen LogP contribution in [0.2, 0.25) is 0 Å². The zero-order valence-corrected chi connectivity index (χ0v) is 10.8. The maximum Gasteiger partial charge on any atom is 0.0214 e. The minimum absolute atomic E-state index is 0.633. The fraction of sp³-hybridized carbons (Fsp3) is 1.00. The first-order valence-electron chi connectivity index (χ1n) is 6.21. The molecule has 15 heavy (non-hydrogen) atoms. The average molecular weight is 213 g/mol. The van der Waals surface area contributed by atoms with Crippen LogP contribution in [0.5, 0.6) is 0 Å². The molecule has 1 atom stereocenters. The fourth-order valence-electron chi connectivity index (χ4n) is 2.20. The number of hydrogen-bond acceptors (Lipinski definition) is 3. The Morgan fingerprint density at radius 2 is 1.87 bits per heavy atom. The summed E-state index contributed by atoms with van der Waals surface area (Å²) < 4.78 is 0. The lowest BCUT2D eigenvalue weighted by Crippen LogP contribution is -2.43. The third-order valence-corrected chi connectivity index (χ3v) is 3.44. The van der Waals surface area contributed by atoms with Gasteiger partial charge < -0.3 is 15.1 Å². The minimum Gasteiger partial charge on any atom is -0.315 e. The molecule has 1 N–H and O–H groups in total. The molecule has 1 fully saturated rings. The lowest BCUT2D eigenvalue weighted by atomic mass is 10.0. The molecule has 1 aliphatic rings. The van der Waals surface area contributed by atoms with Gasteiger partial charge in [-0.15, -0.1) is 0 Å². The van der Waals surface area contributed by atoms with Crippen LogP contribution in [0.4, 0.5) is 0 Å². The first-order valence-corrected chi connectivity index (χ1v) is 6.21. The summed E-state index contributed by atoms with van der Waals surface area (Å²) in [5.41, 5.74) is 0. The number of nitrogens with one attached hydrogen (secondary N) is 1. The quantitative estimate of drug-likeness (QED) is 0.747. The Morgan fingerprint density at radius 3 is 2.47 bits per heavy atom. The van der Waals surface area contributed by atoms with Crippen molar-refractivity contribution in [3.63, 3.8) is 0 Å². The van der Waals surface area contributed by atoms with E-state index in [4.69, 9.17) is 0 Å². The number of rotatable bonds is 4. The van der Waals surface area contributed by atoms with Crippen molar-refractivity contribution in [2.24, 2.45) is 5.92 Å². The van der Waals surface area contributed by atoms with Crippen molar-refractivity contribution >= 4 is 0 Å². The van der Waals surface area contributed by atoms with Crippen LogP contribution in [0.15, 0.2) is 0 Å². The van der Waals surface area contributed by atoms with E-state index < -0.39 is 0 Å². The zero-order valence-electron chi connectivity index (χ0n) is 10.8. The first-order chi connectivity index (χ1) is 7.13. The molecule has 3 nitrogen and oxygen atoms in total. The predicted octanol–water partition coefficient (Wildman–Crippen LogP) is 0.868. The van der Waals surface area contributed by atoms with Crippen molar-refractivity contribution in [2.45, 2.75) is 26.3 Å². The van der Waals surface area contributed by atoms with Crippen molar-refractivity contribution in [3.8, 4) is 0 Å². The molecule has 0 aromatic carbocycles. The van der Waals surface area contributed by atoms with Gasteiger partial charge in [0.25, 0.3) is 0 Å². The van der Waals surface area contributed by atoms with Crippen molar-refractivity contribution in [2.75, 3.05) is 46.8 Å². The highest BCUT2D eigenvalue weighted by atomic mass is 15.2. The Kier molecular flexibility index (Phi) is 5.58. The van der Waals surface area contributed by atoms with Crippen LogP contribution in [0.25, 0.3) is 0 Å². The van der Waals surface area contributed by atoms with Crippen LogP contribution in [0.1, 0.15) is 20.3 Å². The molecule has 0 bridgehead atoms. The van der Waals surface area contributed by atoms with Crippen LogP contribution in [-0.2, 0) is 0 Å². The summed E-state index contributed by atoms with van der Waals surface area (Å²) in [6.07, 6.45) is 1.31. The van der Waals surface area contributed by atoms with Crippen LogP contribution >= 0.6 is 0 Å². The molecule has 3 heteroatoms. The summed E-state index contributed by atoms with van der Waals surface area (Å²) in [7, 11) is 4.30. The highest BCUT2D eigenvalue weighted by molar-refractivity contribution is 4.76. The Morgan fingerprint density at radius 1 is 1.13 bits per heavy atom. The van der Waals surface area contributed by atoms with Gasteiger partial charge in [-0.25, -0.2) is 0 Å². The SMILES string of the molecule is CNC(CN1CCCN(C)CC1)C(C)C. The van der Waals surface area contributed by atoms with Gasteiger partial charge in [0.15, 0.2) is 0 Å². The van der Waals surface area contributed by atoms with E-state index >= 15 is 0 Å². The van der Waals surface area contributed by atoms with Crippen LogP contribution in [0.3, 0.4) is 0 Å². The summed E-state index contributed by atoms with van der Waals surface area (Å²) >= 11 is 0. The molecule has 1 saturated heterocycles. The lowest BCUT2D eigenvalue weighted by Gasteiger charge is -2.28. The van der Waals surface area contributed by atoms with Gasteiger partial charge in [0.2, 0.25) is 0 Å². The Hall–Kier alpha value is -0.120. The first kappa shape index (κ1) is 12.9. The standard InChI is InChI=1S/C12H27N3/c1-11(2)12(13-3)10-15-7-5-6-14(4)8-9-15/h11-13H,5-10H2,1-4H3. The van der Waals surface area contributed by atoms with Gasteiger partial charge in [0.1, 0.15) is 0 Å². The van der Waals surface area contributed by atoms with E-state index in [0.29, 0.717) is 6.04 Å². The van der Waals surface area contributed by atoms with Crippen molar-refractivity contribution in [1.29, 1.82) is 0 Å². The summed E-state index contributed by atoms with van der Waals surface area (Å²) in [6.45, 7) is 10.7. The number of likely N-dealkylation sites (N-methyl/N-ethyl adjacent to an activating group) is 2. The van der Waals surface area contributed by atoms with Gasteiger partial charge in [-0.1, -0.05) is 13.8 Å². The van der Waals surface area contributed by atoms with E-state index in [2.05, 4.69) is 43.1 Å². The van der Waals surface area contributed by atoms with E-state index in [1.807, 2.05) is 0 Å². The monoisotopic (exact) mass is 213 g/mol. The fourth-order valence-corrected chi connectivity index (χ4v) is 2.20. The van der Waals surface area contributed by atoms with Crippen molar-refractivity contribution in [3.05, 3.63) is 0 Å². The molecule has 0 aromatic rings. The highest BCUT2D eigenvalue weighted by Gasteiger charge is 2.17.